The van der Waals surface area contributed by atoms with E-state index in [1.807, 2.05) is 12.1 Å². The second kappa shape index (κ2) is 8.88. The van der Waals surface area contributed by atoms with Crippen molar-refractivity contribution < 1.29 is 18.6 Å². The van der Waals surface area contributed by atoms with Gasteiger partial charge in [0.15, 0.2) is 11.5 Å². The molecule has 1 aliphatic rings. The number of hydrogen-bond acceptors (Lipinski definition) is 6. The summed E-state index contributed by atoms with van der Waals surface area (Å²) in [6.45, 7) is 0.00440. The van der Waals surface area contributed by atoms with E-state index in [1.165, 1.54) is 13.2 Å². The Balaban J connectivity index is 1.60. The quantitative estimate of drug-likeness (QED) is 0.446. The molecule has 35 heavy (non-hydrogen) atoms. The van der Waals surface area contributed by atoms with Crippen molar-refractivity contribution in [3.05, 3.63) is 111 Å². The molecule has 0 aliphatic carbocycles. The zero-order valence-electron chi connectivity index (χ0n) is 18.7. The number of nitrogens with zero attached hydrogens (tertiary/aromatic N) is 1. The number of halogens is 1. The van der Waals surface area contributed by atoms with Gasteiger partial charge in [0, 0.05) is 10.9 Å². The summed E-state index contributed by atoms with van der Waals surface area (Å²) >= 11 is 0. The topological polar surface area (TPSA) is 110 Å². The highest BCUT2D eigenvalue weighted by Gasteiger charge is 2.35. The van der Waals surface area contributed by atoms with Crippen LogP contribution < -0.4 is 25.5 Å². The number of rotatable bonds is 5. The van der Waals surface area contributed by atoms with Crippen LogP contribution in [0.2, 0.25) is 0 Å². The molecule has 1 aliphatic heterocycles. The van der Waals surface area contributed by atoms with Crippen molar-refractivity contribution in [3.63, 3.8) is 0 Å². The van der Waals surface area contributed by atoms with Crippen molar-refractivity contribution in [1.82, 2.24) is 4.98 Å². The number of ether oxygens (including phenoxy) is 3. The first-order valence-corrected chi connectivity index (χ1v) is 10.8. The summed E-state index contributed by atoms with van der Waals surface area (Å²) in [7, 11) is 1.47. The number of nitrogens with one attached hydrogen (secondary N) is 1. The lowest BCUT2D eigenvalue weighted by Crippen LogP contribution is -2.27. The van der Waals surface area contributed by atoms with Gasteiger partial charge in [-0.2, -0.15) is 5.26 Å². The Morgan fingerprint density at radius 2 is 1.89 bits per heavy atom. The minimum absolute atomic E-state index is 0.00440. The number of para-hydroxylation sites is 1. The summed E-state index contributed by atoms with van der Waals surface area (Å²) in [6.07, 6.45) is 0. The van der Waals surface area contributed by atoms with Gasteiger partial charge in [0.25, 0.3) is 5.56 Å². The van der Waals surface area contributed by atoms with Gasteiger partial charge in [0.2, 0.25) is 5.88 Å². The number of allylic oxidation sites excluding steroid dienone is 1. The maximum Gasteiger partial charge on any atom is 0.256 e. The van der Waals surface area contributed by atoms with Gasteiger partial charge in [-0.1, -0.05) is 36.4 Å². The van der Waals surface area contributed by atoms with E-state index < -0.39 is 5.92 Å². The third-order valence-corrected chi connectivity index (χ3v) is 5.95. The molecule has 0 amide bonds. The molecular weight excluding hydrogens is 449 g/mol. The van der Waals surface area contributed by atoms with E-state index in [2.05, 4.69) is 11.1 Å². The Morgan fingerprint density at radius 1 is 1.11 bits per heavy atom. The Kier molecular flexibility index (Phi) is 5.59. The highest BCUT2D eigenvalue weighted by molar-refractivity contribution is 5.87. The standard InChI is InChI=1S/C27H20FN3O4/c1-33-22-12-15(10-11-21(22)34-14-16-6-2-4-8-19(16)28)23-18(13-29)26(30)35-25-17-7-3-5-9-20(17)31-27(32)24(23)25/h2-12,23H,14,30H2,1H3,(H,31,32). The molecule has 0 saturated heterocycles. The number of hydrogen-bond donors (Lipinski definition) is 2. The Morgan fingerprint density at radius 3 is 2.66 bits per heavy atom. The molecule has 1 aromatic heterocycles. The second-order valence-corrected chi connectivity index (χ2v) is 7.96. The molecule has 2 heterocycles. The van der Waals surface area contributed by atoms with Crippen molar-refractivity contribution in [2.24, 2.45) is 5.73 Å². The number of nitrogens with two attached hydrogens (primary N) is 1. The van der Waals surface area contributed by atoms with Crippen LogP contribution in [0.3, 0.4) is 0 Å². The fourth-order valence-electron chi connectivity index (χ4n) is 4.26. The van der Waals surface area contributed by atoms with Gasteiger partial charge < -0.3 is 24.9 Å². The lowest BCUT2D eigenvalue weighted by atomic mass is 9.83. The van der Waals surface area contributed by atoms with Crippen LogP contribution in [0.1, 0.15) is 22.6 Å². The predicted octanol–water partition coefficient (Wildman–Crippen LogP) is 4.47. The van der Waals surface area contributed by atoms with Gasteiger partial charge in [-0.25, -0.2) is 4.39 Å². The van der Waals surface area contributed by atoms with E-state index in [1.54, 1.807) is 48.5 Å². The molecule has 3 aromatic carbocycles. The lowest BCUT2D eigenvalue weighted by Gasteiger charge is -2.27. The van der Waals surface area contributed by atoms with Crippen molar-refractivity contribution in [2.45, 2.75) is 12.5 Å². The Hall–Kier alpha value is -4.77. The minimum atomic E-state index is -0.786. The fourth-order valence-corrected chi connectivity index (χ4v) is 4.26. The van der Waals surface area contributed by atoms with Crippen LogP contribution in [0.25, 0.3) is 10.9 Å². The number of aromatic nitrogens is 1. The van der Waals surface area contributed by atoms with E-state index in [0.29, 0.717) is 39.3 Å². The maximum atomic E-state index is 14.0. The van der Waals surface area contributed by atoms with Crippen LogP contribution >= 0.6 is 0 Å². The molecule has 5 rings (SSSR count). The van der Waals surface area contributed by atoms with E-state index in [0.717, 1.165) is 0 Å². The number of methoxy groups -OCH3 is 1. The summed E-state index contributed by atoms with van der Waals surface area (Å²) in [6, 6.07) is 20.7. The second-order valence-electron chi connectivity index (χ2n) is 7.96. The van der Waals surface area contributed by atoms with E-state index in [4.69, 9.17) is 19.9 Å². The predicted molar refractivity (Wildman–Crippen MR) is 128 cm³/mol. The molecule has 174 valence electrons. The summed E-state index contributed by atoms with van der Waals surface area (Å²) in [5, 5.41) is 10.5. The van der Waals surface area contributed by atoms with Crippen molar-refractivity contribution >= 4 is 10.9 Å². The summed E-state index contributed by atoms with van der Waals surface area (Å²) in [4.78, 5) is 16.0. The van der Waals surface area contributed by atoms with Crippen molar-refractivity contribution in [3.8, 4) is 23.3 Å². The average molecular weight is 469 g/mol. The lowest BCUT2D eigenvalue weighted by molar-refractivity contribution is 0.279. The third kappa shape index (κ3) is 3.83. The van der Waals surface area contributed by atoms with Crippen LogP contribution in [-0.2, 0) is 6.61 Å². The first kappa shape index (κ1) is 22.0. The molecule has 7 nitrogen and oxygen atoms in total. The molecule has 0 fully saturated rings. The van der Waals surface area contributed by atoms with Crippen LogP contribution in [0.4, 0.5) is 4.39 Å². The van der Waals surface area contributed by atoms with Crippen molar-refractivity contribution in [2.75, 3.05) is 7.11 Å². The third-order valence-electron chi connectivity index (χ3n) is 5.95. The van der Waals surface area contributed by atoms with Gasteiger partial charge >= 0.3 is 0 Å². The number of H-pyrrole nitrogens is 1. The van der Waals surface area contributed by atoms with Crippen LogP contribution in [0, 0.1) is 17.1 Å². The Bertz CT molecular complexity index is 1590. The smallest absolute Gasteiger partial charge is 0.256 e. The summed E-state index contributed by atoms with van der Waals surface area (Å²) in [5.74, 6) is -0.168. The van der Waals surface area contributed by atoms with Crippen LogP contribution in [-0.4, -0.2) is 12.1 Å². The van der Waals surface area contributed by atoms with Crippen molar-refractivity contribution in [1.29, 1.82) is 5.26 Å². The maximum absolute atomic E-state index is 14.0. The SMILES string of the molecule is COc1cc(C2C(C#N)=C(N)Oc3c2c(=O)[nH]c2ccccc32)ccc1OCc1ccccc1F. The average Bonchev–Trinajstić information content (AvgIpc) is 2.87. The number of nitriles is 1. The largest absolute Gasteiger partial charge is 0.493 e. The molecule has 1 atom stereocenters. The van der Waals surface area contributed by atoms with Gasteiger partial charge in [-0.05, 0) is 35.9 Å². The monoisotopic (exact) mass is 469 g/mol. The fraction of sp³-hybridized carbons (Fsp3) is 0.111. The number of benzene rings is 3. The molecule has 4 aromatic rings. The highest BCUT2D eigenvalue weighted by Crippen LogP contribution is 2.44. The number of fused-ring (bicyclic) bond motifs is 3. The normalized spacial score (nSPS) is 14.7. The number of aromatic amines is 1. The molecule has 0 radical (unpaired) electrons. The first-order chi connectivity index (χ1) is 17.0. The van der Waals surface area contributed by atoms with Crippen LogP contribution in [0.15, 0.2) is 83.0 Å². The van der Waals surface area contributed by atoms with Gasteiger partial charge in [0.05, 0.1) is 24.1 Å². The Labute approximate surface area is 199 Å². The minimum Gasteiger partial charge on any atom is -0.493 e. The van der Waals surface area contributed by atoms with E-state index in [-0.39, 0.29) is 35.0 Å². The molecule has 1 unspecified atom stereocenters. The molecular formula is C27H20FN3O4. The summed E-state index contributed by atoms with van der Waals surface area (Å²) in [5.41, 5.74) is 7.71. The van der Waals surface area contributed by atoms with Gasteiger partial charge in [-0.3, -0.25) is 4.79 Å². The zero-order valence-corrected chi connectivity index (χ0v) is 18.7. The van der Waals surface area contributed by atoms with Crippen LogP contribution in [0.5, 0.6) is 17.2 Å². The number of pyridine rings is 1. The first-order valence-electron chi connectivity index (χ1n) is 10.8. The van der Waals surface area contributed by atoms with Gasteiger partial charge in [-0.15, -0.1) is 0 Å². The molecule has 0 saturated carbocycles. The van der Waals surface area contributed by atoms with E-state index in [9.17, 15) is 14.4 Å². The van der Waals surface area contributed by atoms with E-state index >= 15 is 0 Å². The van der Waals surface area contributed by atoms with Gasteiger partial charge in [0.1, 0.15) is 29.8 Å². The summed E-state index contributed by atoms with van der Waals surface area (Å²) < 4.78 is 31.1. The zero-order chi connectivity index (χ0) is 24.5. The molecule has 3 N–H and O–H groups in total. The molecule has 0 bridgehead atoms. The molecule has 0 spiro atoms. The highest BCUT2D eigenvalue weighted by atomic mass is 19.1. The molecule has 8 heteroatoms.